The van der Waals surface area contributed by atoms with Crippen LogP contribution in [-0.2, 0) is 9.53 Å². The Bertz CT molecular complexity index is 888. The van der Waals surface area contributed by atoms with E-state index in [1.807, 2.05) is 49.5 Å². The van der Waals surface area contributed by atoms with E-state index in [0.29, 0.717) is 6.61 Å². The van der Waals surface area contributed by atoms with Gasteiger partial charge >= 0.3 is 0 Å². The molecule has 5 heteroatoms. The second kappa shape index (κ2) is 8.03. The highest BCUT2D eigenvalue weighted by molar-refractivity contribution is 5.99. The van der Waals surface area contributed by atoms with Gasteiger partial charge < -0.3 is 10.1 Å². The average molecular weight is 365 g/mol. The molecule has 1 aromatic heterocycles. The van der Waals surface area contributed by atoms with Crippen LogP contribution in [0.2, 0.25) is 0 Å². The van der Waals surface area contributed by atoms with Crippen LogP contribution in [0.1, 0.15) is 13.3 Å². The molecular weight excluding hydrogens is 338 g/mol. The molecule has 142 valence electrons. The van der Waals surface area contributed by atoms with Crippen LogP contribution >= 0.6 is 0 Å². The molecule has 1 N–H and O–H groups in total. The molecule has 0 bridgehead atoms. The molecule has 0 spiro atoms. The fourth-order valence-corrected chi connectivity index (χ4v) is 3.48. The minimum atomic E-state index is -0.346. The maximum atomic E-state index is 13.0. The number of aromatic nitrogens is 1. The molecule has 1 heterocycles. The SMILES string of the molecule is COCC1(C)C=CC([C@H](C(=O)Nc2ccc3cnccc3c2)N(C)C)=CC1. The Labute approximate surface area is 160 Å². The first-order valence-electron chi connectivity index (χ1n) is 9.11. The molecule has 1 aliphatic carbocycles. The van der Waals surface area contributed by atoms with Crippen LogP contribution in [0, 0.1) is 5.41 Å². The zero-order valence-corrected chi connectivity index (χ0v) is 16.4. The number of benzene rings is 1. The molecule has 2 atom stereocenters. The van der Waals surface area contributed by atoms with E-state index in [9.17, 15) is 4.79 Å². The zero-order valence-electron chi connectivity index (χ0n) is 16.4. The fourth-order valence-electron chi connectivity index (χ4n) is 3.48. The Balaban J connectivity index is 1.77. The van der Waals surface area contributed by atoms with Crippen LogP contribution in [0.15, 0.2) is 60.5 Å². The molecule has 2 aromatic rings. The van der Waals surface area contributed by atoms with Crippen LogP contribution in [0.4, 0.5) is 5.69 Å². The minimum Gasteiger partial charge on any atom is -0.384 e. The van der Waals surface area contributed by atoms with Crippen LogP contribution in [-0.4, -0.2) is 49.6 Å². The molecule has 0 fully saturated rings. The monoisotopic (exact) mass is 365 g/mol. The first-order valence-corrected chi connectivity index (χ1v) is 9.11. The van der Waals surface area contributed by atoms with Crippen LogP contribution in [0.3, 0.4) is 0 Å². The molecule has 1 aromatic carbocycles. The van der Waals surface area contributed by atoms with Crippen LogP contribution in [0.5, 0.6) is 0 Å². The maximum Gasteiger partial charge on any atom is 0.246 e. The molecule has 3 rings (SSSR count). The van der Waals surface area contributed by atoms with Gasteiger partial charge in [0.15, 0.2) is 0 Å². The van der Waals surface area contributed by atoms with Gasteiger partial charge in [-0.05, 0) is 49.7 Å². The summed E-state index contributed by atoms with van der Waals surface area (Å²) < 4.78 is 5.31. The van der Waals surface area contributed by atoms with Crippen molar-refractivity contribution < 1.29 is 9.53 Å². The lowest BCUT2D eigenvalue weighted by Gasteiger charge is -2.31. The molecule has 1 unspecified atom stereocenters. The number of methoxy groups -OCH3 is 1. The predicted octanol–water partition coefficient (Wildman–Crippen LogP) is 3.64. The number of hydrogen-bond donors (Lipinski definition) is 1. The molecule has 1 aliphatic rings. The topological polar surface area (TPSA) is 54.5 Å². The van der Waals surface area contributed by atoms with Gasteiger partial charge in [-0.15, -0.1) is 0 Å². The Morgan fingerprint density at radius 1 is 1.33 bits per heavy atom. The highest BCUT2D eigenvalue weighted by Gasteiger charge is 2.29. The third-order valence-corrected chi connectivity index (χ3v) is 4.94. The van der Waals surface area contributed by atoms with E-state index in [1.165, 1.54) is 0 Å². The molecule has 0 saturated carbocycles. The molecule has 5 nitrogen and oxygen atoms in total. The average Bonchev–Trinajstić information content (AvgIpc) is 2.63. The quantitative estimate of drug-likeness (QED) is 0.849. The van der Waals surface area contributed by atoms with Gasteiger partial charge in [-0.25, -0.2) is 0 Å². The number of nitrogens with one attached hydrogen (secondary N) is 1. The summed E-state index contributed by atoms with van der Waals surface area (Å²) in [6.45, 7) is 2.83. The largest absolute Gasteiger partial charge is 0.384 e. The van der Waals surface area contributed by atoms with E-state index in [2.05, 4.69) is 35.5 Å². The van der Waals surface area contributed by atoms with E-state index in [0.717, 1.165) is 28.5 Å². The van der Waals surface area contributed by atoms with Crippen molar-refractivity contribution >= 4 is 22.4 Å². The summed E-state index contributed by atoms with van der Waals surface area (Å²) in [5, 5.41) is 5.16. The summed E-state index contributed by atoms with van der Waals surface area (Å²) in [5.41, 5.74) is 1.78. The van der Waals surface area contributed by atoms with Gasteiger partial charge in [0.25, 0.3) is 0 Å². The van der Waals surface area contributed by atoms with Gasteiger partial charge in [0.05, 0.1) is 6.61 Å². The number of hydrogen-bond acceptors (Lipinski definition) is 4. The van der Waals surface area contributed by atoms with Crippen molar-refractivity contribution in [3.8, 4) is 0 Å². The van der Waals surface area contributed by atoms with Crippen molar-refractivity contribution in [2.75, 3.05) is 33.1 Å². The minimum absolute atomic E-state index is 0.0159. The van der Waals surface area contributed by atoms with Gasteiger partial charge in [0, 0.05) is 36.0 Å². The summed E-state index contributed by atoms with van der Waals surface area (Å²) >= 11 is 0. The summed E-state index contributed by atoms with van der Waals surface area (Å²) in [6, 6.07) is 7.45. The molecule has 27 heavy (non-hydrogen) atoms. The van der Waals surface area contributed by atoms with E-state index >= 15 is 0 Å². The third kappa shape index (κ3) is 4.43. The summed E-state index contributed by atoms with van der Waals surface area (Å²) in [5.74, 6) is -0.0420. The van der Waals surface area contributed by atoms with E-state index in [1.54, 1.807) is 13.3 Å². The predicted molar refractivity (Wildman–Crippen MR) is 110 cm³/mol. The Hall–Kier alpha value is -2.50. The van der Waals surface area contributed by atoms with Gasteiger partial charge in [0.2, 0.25) is 5.91 Å². The second-order valence-corrected chi connectivity index (χ2v) is 7.62. The molecule has 0 aliphatic heterocycles. The zero-order chi connectivity index (χ0) is 19.4. The Morgan fingerprint density at radius 3 is 2.81 bits per heavy atom. The standard InChI is InChI=1S/C22H27N3O2/c1-22(15-27-4)10-7-16(8-11-22)20(25(2)3)21(26)24-19-6-5-18-14-23-12-9-17(18)13-19/h5-10,12-14,20H,11,15H2,1-4H3,(H,24,26)/t20-,22?/m1/s1. The van der Waals surface area contributed by atoms with Gasteiger partial charge in [0.1, 0.15) is 6.04 Å². The molecule has 1 amide bonds. The van der Waals surface area contributed by atoms with Crippen molar-refractivity contribution in [2.45, 2.75) is 19.4 Å². The van der Waals surface area contributed by atoms with Crippen molar-refractivity contribution in [3.63, 3.8) is 0 Å². The number of allylic oxidation sites excluding steroid dienone is 1. The maximum absolute atomic E-state index is 13.0. The Morgan fingerprint density at radius 2 is 2.15 bits per heavy atom. The number of rotatable bonds is 6. The lowest BCUT2D eigenvalue weighted by Crippen LogP contribution is -2.41. The van der Waals surface area contributed by atoms with Crippen molar-refractivity contribution in [2.24, 2.45) is 5.41 Å². The highest BCUT2D eigenvalue weighted by Crippen LogP contribution is 2.31. The number of nitrogens with zero attached hydrogens (tertiary/aromatic N) is 2. The number of likely N-dealkylation sites (N-methyl/N-ethyl adjacent to an activating group) is 1. The number of pyridine rings is 1. The van der Waals surface area contributed by atoms with Gasteiger partial charge in [-0.1, -0.05) is 31.2 Å². The number of fused-ring (bicyclic) bond motifs is 1. The first kappa shape index (κ1) is 19.3. The Kier molecular flexibility index (Phi) is 5.73. The molecule has 0 saturated heterocycles. The smallest absolute Gasteiger partial charge is 0.246 e. The number of amides is 1. The van der Waals surface area contributed by atoms with E-state index < -0.39 is 0 Å². The lowest BCUT2D eigenvalue weighted by molar-refractivity contribution is -0.119. The van der Waals surface area contributed by atoms with Crippen molar-refractivity contribution in [3.05, 3.63) is 60.5 Å². The normalized spacial score (nSPS) is 20.6. The summed E-state index contributed by atoms with van der Waals surface area (Å²) in [4.78, 5) is 19.1. The highest BCUT2D eigenvalue weighted by atomic mass is 16.5. The van der Waals surface area contributed by atoms with Crippen molar-refractivity contribution in [1.29, 1.82) is 0 Å². The van der Waals surface area contributed by atoms with E-state index in [4.69, 9.17) is 4.74 Å². The van der Waals surface area contributed by atoms with Gasteiger partial charge in [-0.2, -0.15) is 0 Å². The summed E-state index contributed by atoms with van der Waals surface area (Å²) in [6.07, 6.45) is 10.8. The number of carbonyl (C=O) groups excluding carboxylic acids is 1. The number of anilines is 1. The molecular formula is C22H27N3O2. The van der Waals surface area contributed by atoms with Crippen LogP contribution < -0.4 is 5.32 Å². The van der Waals surface area contributed by atoms with Crippen LogP contribution in [0.25, 0.3) is 10.8 Å². The third-order valence-electron chi connectivity index (χ3n) is 4.94. The second-order valence-electron chi connectivity index (χ2n) is 7.62. The van der Waals surface area contributed by atoms with Crippen molar-refractivity contribution in [1.82, 2.24) is 9.88 Å². The summed E-state index contributed by atoms with van der Waals surface area (Å²) in [7, 11) is 5.57. The first-order chi connectivity index (χ1) is 12.9. The van der Waals surface area contributed by atoms with E-state index in [-0.39, 0.29) is 17.4 Å². The van der Waals surface area contributed by atoms with Gasteiger partial charge in [-0.3, -0.25) is 14.7 Å². The number of ether oxygens (including phenoxy) is 1. The number of carbonyl (C=O) groups is 1. The fraction of sp³-hybridized carbons (Fsp3) is 0.364. The molecule has 0 radical (unpaired) electrons. The lowest BCUT2D eigenvalue weighted by atomic mass is 9.81.